The van der Waals surface area contributed by atoms with Crippen LogP contribution in [0.15, 0.2) is 42.5 Å². The first-order valence-electron chi connectivity index (χ1n) is 9.59. The number of aromatic nitrogens is 2. The summed E-state index contributed by atoms with van der Waals surface area (Å²) in [7, 11) is 0. The van der Waals surface area contributed by atoms with Gasteiger partial charge in [0.25, 0.3) is 11.6 Å². The van der Waals surface area contributed by atoms with E-state index in [0.29, 0.717) is 23.5 Å². The summed E-state index contributed by atoms with van der Waals surface area (Å²) in [5.74, 6) is -0.753. The molecule has 0 spiro atoms. The fourth-order valence-electron chi connectivity index (χ4n) is 3.55. The van der Waals surface area contributed by atoms with Gasteiger partial charge in [0.05, 0.1) is 4.92 Å². The number of benzene rings is 2. The number of nitrogens with one attached hydrogen (secondary N) is 1. The smallest absolute Gasteiger partial charge is 0.285 e. The number of anilines is 2. The van der Waals surface area contributed by atoms with Crippen LogP contribution in [-0.4, -0.2) is 33.5 Å². The number of aryl methyl sites for hydroxylation is 2. The Morgan fingerprint density at radius 2 is 1.94 bits per heavy atom. The van der Waals surface area contributed by atoms with Crippen LogP contribution in [-0.2, 0) is 4.79 Å². The van der Waals surface area contributed by atoms with Crippen LogP contribution in [0.1, 0.15) is 38.8 Å². The summed E-state index contributed by atoms with van der Waals surface area (Å²) in [4.78, 5) is 37.6. The zero-order chi connectivity index (χ0) is 22.1. The van der Waals surface area contributed by atoms with Crippen molar-refractivity contribution in [3.8, 4) is 0 Å². The van der Waals surface area contributed by atoms with Crippen molar-refractivity contribution in [2.24, 2.45) is 0 Å². The highest BCUT2D eigenvalue weighted by atomic mass is 32.1. The van der Waals surface area contributed by atoms with E-state index in [2.05, 4.69) is 15.5 Å². The predicted octanol–water partition coefficient (Wildman–Crippen LogP) is 3.84. The molecule has 1 aliphatic heterocycles. The Balaban J connectivity index is 1.49. The number of hydrogen-bond donors (Lipinski definition) is 1. The summed E-state index contributed by atoms with van der Waals surface area (Å²) in [6, 6.07) is 12.3. The lowest BCUT2D eigenvalue weighted by Crippen LogP contribution is -2.24. The molecule has 1 N–H and O–H groups in total. The van der Waals surface area contributed by atoms with E-state index in [0.717, 1.165) is 11.3 Å². The average Bonchev–Trinajstić information content (AvgIpc) is 3.34. The van der Waals surface area contributed by atoms with Gasteiger partial charge in [-0.05, 0) is 32.0 Å². The van der Waals surface area contributed by atoms with Gasteiger partial charge in [0, 0.05) is 30.1 Å². The van der Waals surface area contributed by atoms with Gasteiger partial charge in [-0.25, -0.2) is 0 Å². The molecule has 1 aromatic heterocycles. The van der Waals surface area contributed by atoms with Gasteiger partial charge in [0.15, 0.2) is 0 Å². The number of carbonyl (C=O) groups excluding carboxylic acids is 2. The minimum atomic E-state index is -0.623. The van der Waals surface area contributed by atoms with Crippen molar-refractivity contribution in [2.45, 2.75) is 26.2 Å². The van der Waals surface area contributed by atoms with E-state index < -0.39 is 10.8 Å². The highest BCUT2D eigenvalue weighted by Crippen LogP contribution is 2.34. The molecule has 2 aromatic carbocycles. The van der Waals surface area contributed by atoms with E-state index >= 15 is 0 Å². The molecule has 2 heterocycles. The highest BCUT2D eigenvalue weighted by molar-refractivity contribution is 7.15. The normalized spacial score (nSPS) is 15.9. The number of para-hydroxylation sites is 1. The second kappa shape index (κ2) is 8.23. The van der Waals surface area contributed by atoms with Crippen molar-refractivity contribution in [3.63, 3.8) is 0 Å². The maximum atomic E-state index is 12.6. The second-order valence-electron chi connectivity index (χ2n) is 7.37. The summed E-state index contributed by atoms with van der Waals surface area (Å²) in [5.41, 5.74) is 2.08. The first kappa shape index (κ1) is 20.6. The molecule has 1 fully saturated rings. The van der Waals surface area contributed by atoms with E-state index in [-0.39, 0.29) is 28.2 Å². The quantitative estimate of drug-likeness (QED) is 0.479. The van der Waals surface area contributed by atoms with Crippen LogP contribution >= 0.6 is 11.3 Å². The van der Waals surface area contributed by atoms with Gasteiger partial charge >= 0.3 is 0 Å². The van der Waals surface area contributed by atoms with Crippen LogP contribution in [0, 0.1) is 24.0 Å². The van der Waals surface area contributed by atoms with Crippen LogP contribution in [0.4, 0.5) is 16.5 Å². The van der Waals surface area contributed by atoms with E-state index in [1.807, 2.05) is 31.2 Å². The van der Waals surface area contributed by atoms with Gasteiger partial charge in [0.2, 0.25) is 11.0 Å². The minimum absolute atomic E-state index is 0.00465. The van der Waals surface area contributed by atoms with Crippen molar-refractivity contribution >= 4 is 39.7 Å². The summed E-state index contributed by atoms with van der Waals surface area (Å²) in [6.45, 7) is 4.05. The molecular weight excluding hydrogens is 418 g/mol. The van der Waals surface area contributed by atoms with Gasteiger partial charge in [-0.2, -0.15) is 0 Å². The zero-order valence-corrected chi connectivity index (χ0v) is 17.7. The SMILES string of the molecule is Cc1ccc(N2C[C@@H](c3nnc(NC(=O)c4cccc(C)c4[N+](=O)[O-])s3)CC2=O)cc1. The van der Waals surface area contributed by atoms with Crippen molar-refractivity contribution in [1.82, 2.24) is 10.2 Å². The summed E-state index contributed by atoms with van der Waals surface area (Å²) < 4.78 is 0. The first-order valence-corrected chi connectivity index (χ1v) is 10.4. The number of amides is 2. The van der Waals surface area contributed by atoms with Crippen LogP contribution < -0.4 is 10.2 Å². The molecule has 31 heavy (non-hydrogen) atoms. The van der Waals surface area contributed by atoms with Crippen molar-refractivity contribution in [1.29, 1.82) is 0 Å². The molecule has 10 heteroatoms. The standard InChI is InChI=1S/C21H19N5O4S/c1-12-6-8-15(9-7-12)25-11-14(10-17(25)27)20-23-24-21(31-20)22-19(28)16-5-3-4-13(2)18(16)26(29)30/h3-9,14H,10-11H2,1-2H3,(H,22,24,28)/t14-/m0/s1. The lowest BCUT2D eigenvalue weighted by atomic mass is 10.1. The lowest BCUT2D eigenvalue weighted by Gasteiger charge is -2.16. The van der Waals surface area contributed by atoms with Crippen LogP contribution in [0.5, 0.6) is 0 Å². The number of nitro groups is 1. The van der Waals surface area contributed by atoms with Gasteiger partial charge in [0.1, 0.15) is 10.6 Å². The summed E-state index contributed by atoms with van der Waals surface area (Å²) >= 11 is 1.17. The Morgan fingerprint density at radius 1 is 1.19 bits per heavy atom. The second-order valence-corrected chi connectivity index (χ2v) is 8.38. The Morgan fingerprint density at radius 3 is 2.65 bits per heavy atom. The molecule has 1 saturated heterocycles. The monoisotopic (exact) mass is 437 g/mol. The molecule has 0 radical (unpaired) electrons. The van der Waals surface area contributed by atoms with Crippen LogP contribution in [0.2, 0.25) is 0 Å². The van der Waals surface area contributed by atoms with Gasteiger partial charge < -0.3 is 4.90 Å². The summed E-state index contributed by atoms with van der Waals surface area (Å²) in [5, 5.41) is 22.9. The van der Waals surface area contributed by atoms with Crippen LogP contribution in [0.25, 0.3) is 0 Å². The molecule has 0 bridgehead atoms. The molecule has 2 amide bonds. The molecular formula is C21H19N5O4S. The third kappa shape index (κ3) is 4.15. The van der Waals surface area contributed by atoms with Gasteiger partial charge in [-0.1, -0.05) is 41.2 Å². The maximum absolute atomic E-state index is 12.6. The molecule has 3 aromatic rings. The number of nitrogens with zero attached hydrogens (tertiary/aromatic N) is 4. The molecule has 0 saturated carbocycles. The lowest BCUT2D eigenvalue weighted by molar-refractivity contribution is -0.385. The van der Waals surface area contributed by atoms with E-state index in [9.17, 15) is 19.7 Å². The molecule has 9 nitrogen and oxygen atoms in total. The largest absolute Gasteiger partial charge is 0.312 e. The Labute approximate surface area is 181 Å². The number of rotatable bonds is 5. The molecule has 158 valence electrons. The maximum Gasteiger partial charge on any atom is 0.285 e. The number of carbonyl (C=O) groups is 2. The fourth-order valence-corrected chi connectivity index (χ4v) is 4.38. The molecule has 4 rings (SSSR count). The molecule has 1 atom stereocenters. The number of nitro benzene ring substituents is 1. The topological polar surface area (TPSA) is 118 Å². The minimum Gasteiger partial charge on any atom is -0.312 e. The number of hydrogen-bond acceptors (Lipinski definition) is 7. The Bertz CT molecular complexity index is 1170. The fraction of sp³-hybridized carbons (Fsp3) is 0.238. The van der Waals surface area contributed by atoms with Crippen molar-refractivity contribution in [3.05, 3.63) is 74.3 Å². The highest BCUT2D eigenvalue weighted by Gasteiger charge is 2.34. The van der Waals surface area contributed by atoms with Crippen LogP contribution in [0.3, 0.4) is 0 Å². The van der Waals surface area contributed by atoms with Gasteiger partial charge in [-0.3, -0.25) is 25.0 Å². The van der Waals surface area contributed by atoms with Gasteiger partial charge in [-0.15, -0.1) is 10.2 Å². The van der Waals surface area contributed by atoms with Crippen molar-refractivity contribution < 1.29 is 14.5 Å². The van der Waals surface area contributed by atoms with E-state index in [1.54, 1.807) is 24.0 Å². The Kier molecular flexibility index (Phi) is 5.47. The first-order chi connectivity index (χ1) is 14.8. The zero-order valence-electron chi connectivity index (χ0n) is 16.9. The van der Waals surface area contributed by atoms with E-state index in [4.69, 9.17) is 0 Å². The third-order valence-electron chi connectivity index (χ3n) is 5.15. The van der Waals surface area contributed by atoms with E-state index in [1.165, 1.54) is 17.4 Å². The molecule has 0 unspecified atom stereocenters. The third-order valence-corrected chi connectivity index (χ3v) is 6.15. The molecule has 1 aliphatic rings. The average molecular weight is 437 g/mol. The Hall–Kier alpha value is -3.66. The van der Waals surface area contributed by atoms with Crippen molar-refractivity contribution in [2.75, 3.05) is 16.8 Å². The predicted molar refractivity (Wildman–Crippen MR) is 117 cm³/mol. The summed E-state index contributed by atoms with van der Waals surface area (Å²) in [6.07, 6.45) is 0.305. The molecule has 0 aliphatic carbocycles.